The van der Waals surface area contributed by atoms with Gasteiger partial charge >= 0.3 is 12.1 Å². The zero-order valence-corrected chi connectivity index (χ0v) is 14.6. The van der Waals surface area contributed by atoms with Crippen LogP contribution >= 0.6 is 0 Å². The lowest BCUT2D eigenvalue weighted by Gasteiger charge is -2.34. The van der Waals surface area contributed by atoms with Crippen LogP contribution in [0.2, 0.25) is 0 Å². The summed E-state index contributed by atoms with van der Waals surface area (Å²) < 4.78 is 10.1. The number of hydrogen-bond acceptors (Lipinski definition) is 5. The van der Waals surface area contributed by atoms with Crippen molar-refractivity contribution in [3.63, 3.8) is 0 Å². The second-order valence-corrected chi connectivity index (χ2v) is 6.05. The first kappa shape index (κ1) is 18.8. The SMILES string of the molecule is CN(C)C(=O)OCCOC(=O)C1CCCCN1C(=O)c1ccccc1. The smallest absolute Gasteiger partial charge is 0.409 e. The van der Waals surface area contributed by atoms with Gasteiger partial charge in [0.25, 0.3) is 5.91 Å². The maximum atomic E-state index is 12.7. The average Bonchev–Trinajstić information content (AvgIpc) is 2.64. The minimum Gasteiger partial charge on any atom is -0.461 e. The number of piperidine rings is 1. The third-order valence-corrected chi connectivity index (χ3v) is 3.97. The van der Waals surface area contributed by atoms with Crippen LogP contribution in [0.4, 0.5) is 4.79 Å². The quantitative estimate of drug-likeness (QED) is 0.600. The number of carbonyl (C=O) groups is 3. The van der Waals surface area contributed by atoms with Gasteiger partial charge in [0.2, 0.25) is 0 Å². The molecule has 0 saturated carbocycles. The first-order chi connectivity index (χ1) is 12.0. The molecule has 0 radical (unpaired) electrons. The van der Waals surface area contributed by atoms with Gasteiger partial charge in [0, 0.05) is 26.2 Å². The van der Waals surface area contributed by atoms with E-state index in [0.29, 0.717) is 18.5 Å². The molecule has 0 aliphatic carbocycles. The van der Waals surface area contributed by atoms with Crippen molar-refractivity contribution >= 4 is 18.0 Å². The number of amides is 2. The van der Waals surface area contributed by atoms with Gasteiger partial charge in [-0.1, -0.05) is 18.2 Å². The molecule has 1 unspecified atom stereocenters. The molecule has 1 aliphatic heterocycles. The minimum atomic E-state index is -0.592. The fourth-order valence-electron chi connectivity index (χ4n) is 2.66. The number of benzene rings is 1. The van der Waals surface area contributed by atoms with Crippen LogP contribution in [-0.2, 0) is 14.3 Å². The van der Waals surface area contributed by atoms with Crippen LogP contribution < -0.4 is 0 Å². The summed E-state index contributed by atoms with van der Waals surface area (Å²) in [5, 5.41) is 0. The summed E-state index contributed by atoms with van der Waals surface area (Å²) in [5.41, 5.74) is 0.558. The molecule has 2 rings (SSSR count). The summed E-state index contributed by atoms with van der Waals surface area (Å²) in [5.74, 6) is -0.619. The predicted octanol–water partition coefficient (Wildman–Crippen LogP) is 1.92. The largest absolute Gasteiger partial charge is 0.461 e. The Hall–Kier alpha value is -2.57. The van der Waals surface area contributed by atoms with Crippen molar-refractivity contribution in [3.8, 4) is 0 Å². The first-order valence-electron chi connectivity index (χ1n) is 8.37. The molecule has 1 aromatic carbocycles. The van der Waals surface area contributed by atoms with E-state index in [9.17, 15) is 14.4 Å². The van der Waals surface area contributed by atoms with Crippen LogP contribution in [0.3, 0.4) is 0 Å². The van der Waals surface area contributed by atoms with Gasteiger partial charge in [-0.15, -0.1) is 0 Å². The van der Waals surface area contributed by atoms with Gasteiger partial charge in [0.15, 0.2) is 0 Å². The normalized spacial score (nSPS) is 16.9. The van der Waals surface area contributed by atoms with Crippen LogP contribution in [0, 0.1) is 0 Å². The lowest BCUT2D eigenvalue weighted by atomic mass is 10.0. The van der Waals surface area contributed by atoms with Crippen LogP contribution in [0.5, 0.6) is 0 Å². The molecule has 1 aliphatic rings. The summed E-state index contributed by atoms with van der Waals surface area (Å²) in [4.78, 5) is 39.2. The fourth-order valence-corrected chi connectivity index (χ4v) is 2.66. The van der Waals surface area contributed by atoms with Crippen LogP contribution in [-0.4, -0.2) is 67.7 Å². The number of ether oxygens (including phenoxy) is 2. The molecule has 2 amide bonds. The van der Waals surface area contributed by atoms with Crippen molar-refractivity contribution in [1.82, 2.24) is 9.80 Å². The Morgan fingerprint density at radius 1 is 1.08 bits per heavy atom. The zero-order valence-electron chi connectivity index (χ0n) is 14.6. The number of nitrogens with zero attached hydrogens (tertiary/aromatic N) is 2. The Morgan fingerprint density at radius 3 is 2.44 bits per heavy atom. The Kier molecular flexibility index (Phi) is 6.80. The van der Waals surface area contributed by atoms with E-state index < -0.39 is 18.1 Å². The molecular weight excluding hydrogens is 324 g/mol. The van der Waals surface area contributed by atoms with E-state index in [2.05, 4.69) is 0 Å². The Balaban J connectivity index is 1.90. The first-order valence-corrected chi connectivity index (χ1v) is 8.37. The Bertz CT molecular complexity index is 603. The second-order valence-electron chi connectivity index (χ2n) is 6.05. The number of rotatable bonds is 5. The molecule has 1 saturated heterocycles. The van der Waals surface area contributed by atoms with Gasteiger partial charge < -0.3 is 19.3 Å². The molecule has 1 atom stereocenters. The fraction of sp³-hybridized carbons (Fsp3) is 0.500. The Labute approximate surface area is 147 Å². The highest BCUT2D eigenvalue weighted by molar-refractivity contribution is 5.96. The van der Waals surface area contributed by atoms with Crippen molar-refractivity contribution in [1.29, 1.82) is 0 Å². The molecule has 1 fully saturated rings. The number of esters is 1. The molecular formula is C18H24N2O5. The van der Waals surface area contributed by atoms with E-state index in [1.54, 1.807) is 43.3 Å². The van der Waals surface area contributed by atoms with Gasteiger partial charge in [-0.2, -0.15) is 0 Å². The molecule has 7 heteroatoms. The molecule has 136 valence electrons. The standard InChI is InChI=1S/C18H24N2O5/c1-19(2)18(23)25-13-12-24-17(22)15-10-6-7-11-20(15)16(21)14-8-4-3-5-9-14/h3-5,8-9,15H,6-7,10-13H2,1-2H3. The lowest BCUT2D eigenvalue weighted by molar-refractivity contribution is -0.151. The van der Waals surface area contributed by atoms with E-state index in [0.717, 1.165) is 12.8 Å². The third kappa shape index (κ3) is 5.20. The number of hydrogen-bond donors (Lipinski definition) is 0. The van der Waals surface area contributed by atoms with Gasteiger partial charge in [-0.05, 0) is 31.4 Å². The molecule has 0 bridgehead atoms. The van der Waals surface area contributed by atoms with Gasteiger partial charge in [-0.3, -0.25) is 4.79 Å². The van der Waals surface area contributed by atoms with Crippen molar-refractivity contribution in [3.05, 3.63) is 35.9 Å². The highest BCUT2D eigenvalue weighted by Crippen LogP contribution is 2.20. The summed E-state index contributed by atoms with van der Waals surface area (Å²) >= 11 is 0. The summed E-state index contributed by atoms with van der Waals surface area (Å²) in [6.45, 7) is 0.494. The molecule has 1 aromatic rings. The maximum Gasteiger partial charge on any atom is 0.409 e. The van der Waals surface area contributed by atoms with Crippen LogP contribution in [0.25, 0.3) is 0 Å². The molecule has 1 heterocycles. The maximum absolute atomic E-state index is 12.7. The number of carbonyl (C=O) groups excluding carboxylic acids is 3. The monoisotopic (exact) mass is 348 g/mol. The van der Waals surface area contributed by atoms with Gasteiger partial charge in [0.1, 0.15) is 19.3 Å². The van der Waals surface area contributed by atoms with E-state index in [4.69, 9.17) is 9.47 Å². The van der Waals surface area contributed by atoms with Crippen molar-refractivity contribution in [2.75, 3.05) is 33.9 Å². The van der Waals surface area contributed by atoms with Gasteiger partial charge in [-0.25, -0.2) is 9.59 Å². The zero-order chi connectivity index (χ0) is 18.2. The molecule has 0 N–H and O–H groups in total. The van der Waals surface area contributed by atoms with E-state index >= 15 is 0 Å². The Morgan fingerprint density at radius 2 is 1.76 bits per heavy atom. The summed E-state index contributed by atoms with van der Waals surface area (Å²) in [6.07, 6.45) is 1.82. The lowest BCUT2D eigenvalue weighted by Crippen LogP contribution is -2.48. The van der Waals surface area contributed by atoms with E-state index in [1.165, 1.54) is 4.90 Å². The molecule has 7 nitrogen and oxygen atoms in total. The highest BCUT2D eigenvalue weighted by Gasteiger charge is 2.33. The third-order valence-electron chi connectivity index (χ3n) is 3.97. The van der Waals surface area contributed by atoms with E-state index in [-0.39, 0.29) is 19.1 Å². The summed E-state index contributed by atoms with van der Waals surface area (Å²) in [7, 11) is 3.15. The van der Waals surface area contributed by atoms with Crippen LogP contribution in [0.1, 0.15) is 29.6 Å². The molecule has 0 spiro atoms. The summed E-state index contributed by atoms with van der Waals surface area (Å²) in [6, 6.07) is 8.31. The predicted molar refractivity (Wildman–Crippen MR) is 91.1 cm³/mol. The topological polar surface area (TPSA) is 76.2 Å². The second kappa shape index (κ2) is 9.05. The molecule has 0 aromatic heterocycles. The number of likely N-dealkylation sites (tertiary alicyclic amines) is 1. The molecule has 25 heavy (non-hydrogen) atoms. The van der Waals surface area contributed by atoms with Crippen molar-refractivity contribution in [2.24, 2.45) is 0 Å². The van der Waals surface area contributed by atoms with Gasteiger partial charge in [0.05, 0.1) is 0 Å². The van der Waals surface area contributed by atoms with E-state index in [1.807, 2.05) is 6.07 Å². The van der Waals surface area contributed by atoms with Crippen molar-refractivity contribution < 1.29 is 23.9 Å². The van der Waals surface area contributed by atoms with Crippen LogP contribution in [0.15, 0.2) is 30.3 Å². The minimum absolute atomic E-state index is 0.0118. The van der Waals surface area contributed by atoms with Crippen molar-refractivity contribution in [2.45, 2.75) is 25.3 Å². The average molecular weight is 348 g/mol. The highest BCUT2D eigenvalue weighted by atomic mass is 16.6.